The molecule has 2 aliphatic rings. The Morgan fingerprint density at radius 1 is 1.26 bits per heavy atom. The molecule has 2 fully saturated rings. The van der Waals surface area contributed by atoms with Crippen molar-refractivity contribution in [3.8, 4) is 0 Å². The molecule has 1 unspecified atom stereocenters. The fraction of sp³-hybridized carbons (Fsp3) is 0.529. The van der Waals surface area contributed by atoms with Gasteiger partial charge in [-0.2, -0.15) is 0 Å². The number of halogens is 2. The minimum absolute atomic E-state index is 0.0248. The maximum atomic E-state index is 13.8. The van der Waals surface area contributed by atoms with E-state index in [2.05, 4.69) is 0 Å². The molecule has 0 N–H and O–H groups in total. The van der Waals surface area contributed by atoms with E-state index in [9.17, 15) is 18.4 Å². The highest BCUT2D eigenvalue weighted by atomic mass is 19.2. The minimum atomic E-state index is -0.942. The highest BCUT2D eigenvalue weighted by Crippen LogP contribution is 2.30. The van der Waals surface area contributed by atoms with Crippen LogP contribution in [0.3, 0.4) is 0 Å². The summed E-state index contributed by atoms with van der Waals surface area (Å²) in [6.45, 7) is 0.418. The van der Waals surface area contributed by atoms with Gasteiger partial charge in [0.15, 0.2) is 11.6 Å². The van der Waals surface area contributed by atoms with Crippen LogP contribution in [-0.4, -0.2) is 29.4 Å². The van der Waals surface area contributed by atoms with E-state index in [0.29, 0.717) is 25.4 Å². The van der Waals surface area contributed by atoms with Crippen molar-refractivity contribution >= 4 is 11.9 Å². The fourth-order valence-corrected chi connectivity index (χ4v) is 2.82. The molecule has 1 amide bonds. The van der Waals surface area contributed by atoms with Crippen molar-refractivity contribution in [1.29, 1.82) is 0 Å². The summed E-state index contributed by atoms with van der Waals surface area (Å²) in [5.41, 5.74) is 0.122. The molecule has 1 aliphatic carbocycles. The molecule has 0 radical (unpaired) electrons. The molecular weight excluding hydrogens is 304 g/mol. The van der Waals surface area contributed by atoms with Crippen molar-refractivity contribution in [3.05, 3.63) is 35.4 Å². The minimum Gasteiger partial charge on any atom is -0.465 e. The van der Waals surface area contributed by atoms with Crippen LogP contribution in [0.25, 0.3) is 0 Å². The van der Waals surface area contributed by atoms with Gasteiger partial charge in [-0.1, -0.05) is 12.1 Å². The number of likely N-dealkylation sites (tertiary alicyclic amines) is 1. The lowest BCUT2D eigenvalue weighted by Crippen LogP contribution is -2.34. The Kier molecular flexibility index (Phi) is 4.59. The third-order valence-corrected chi connectivity index (χ3v) is 4.40. The van der Waals surface area contributed by atoms with E-state index < -0.39 is 11.6 Å². The number of rotatable bonds is 6. The standard InChI is InChI=1S/C17H19F2NO3/c18-14-3-1-2-12(17(14)19)9-20-13(6-7-15(20)21)8-16(22)23-10-11-4-5-11/h1-3,11,13H,4-10H2. The summed E-state index contributed by atoms with van der Waals surface area (Å²) in [4.78, 5) is 25.3. The van der Waals surface area contributed by atoms with E-state index in [1.807, 2.05) is 0 Å². The molecule has 4 nitrogen and oxygen atoms in total. The number of carbonyl (C=O) groups excluding carboxylic acids is 2. The van der Waals surface area contributed by atoms with E-state index in [1.54, 1.807) is 0 Å². The zero-order chi connectivity index (χ0) is 16.4. The summed E-state index contributed by atoms with van der Waals surface area (Å²) >= 11 is 0. The average molecular weight is 323 g/mol. The smallest absolute Gasteiger partial charge is 0.307 e. The number of hydrogen-bond donors (Lipinski definition) is 0. The topological polar surface area (TPSA) is 46.6 Å². The van der Waals surface area contributed by atoms with Crippen LogP contribution in [-0.2, 0) is 20.9 Å². The second-order valence-corrected chi connectivity index (χ2v) is 6.26. The number of hydrogen-bond acceptors (Lipinski definition) is 3. The Balaban J connectivity index is 1.62. The van der Waals surface area contributed by atoms with E-state index in [0.717, 1.165) is 18.9 Å². The van der Waals surface area contributed by atoms with Crippen molar-refractivity contribution < 1.29 is 23.1 Å². The molecule has 1 aromatic rings. The summed E-state index contributed by atoms with van der Waals surface area (Å²) < 4.78 is 32.3. The van der Waals surface area contributed by atoms with Gasteiger partial charge in [-0.15, -0.1) is 0 Å². The molecule has 1 heterocycles. The normalized spacial score (nSPS) is 20.9. The molecule has 0 spiro atoms. The predicted molar refractivity (Wildman–Crippen MR) is 78.2 cm³/mol. The van der Waals surface area contributed by atoms with Gasteiger partial charge in [-0.3, -0.25) is 9.59 Å². The lowest BCUT2D eigenvalue weighted by Gasteiger charge is -2.24. The molecule has 0 bridgehead atoms. The van der Waals surface area contributed by atoms with Crippen molar-refractivity contribution in [2.24, 2.45) is 5.92 Å². The van der Waals surface area contributed by atoms with Crippen LogP contribution < -0.4 is 0 Å². The number of esters is 1. The van der Waals surface area contributed by atoms with Gasteiger partial charge in [0.1, 0.15) is 0 Å². The van der Waals surface area contributed by atoms with Crippen LogP contribution in [0, 0.1) is 17.6 Å². The van der Waals surface area contributed by atoms with E-state index in [4.69, 9.17) is 4.74 Å². The van der Waals surface area contributed by atoms with Crippen molar-refractivity contribution in [3.63, 3.8) is 0 Å². The molecule has 23 heavy (non-hydrogen) atoms. The zero-order valence-corrected chi connectivity index (χ0v) is 12.8. The van der Waals surface area contributed by atoms with Gasteiger partial charge in [0.25, 0.3) is 0 Å². The third-order valence-electron chi connectivity index (χ3n) is 4.40. The predicted octanol–water partition coefficient (Wildman–Crippen LogP) is 2.80. The monoisotopic (exact) mass is 323 g/mol. The first kappa shape index (κ1) is 15.9. The van der Waals surface area contributed by atoms with Crippen molar-refractivity contribution in [1.82, 2.24) is 4.90 Å². The van der Waals surface area contributed by atoms with E-state index >= 15 is 0 Å². The molecular formula is C17H19F2NO3. The molecule has 1 aromatic carbocycles. The lowest BCUT2D eigenvalue weighted by atomic mass is 10.1. The maximum Gasteiger partial charge on any atom is 0.307 e. The van der Waals surface area contributed by atoms with E-state index in [-0.39, 0.29) is 36.4 Å². The van der Waals surface area contributed by atoms with Gasteiger partial charge in [-0.25, -0.2) is 8.78 Å². The van der Waals surface area contributed by atoms with Crippen molar-refractivity contribution in [2.45, 2.75) is 44.7 Å². The first-order valence-electron chi connectivity index (χ1n) is 7.92. The van der Waals surface area contributed by atoms with Crippen LogP contribution in [0.5, 0.6) is 0 Å². The molecule has 1 saturated heterocycles. The Morgan fingerprint density at radius 2 is 2.04 bits per heavy atom. The van der Waals surface area contributed by atoms with Gasteiger partial charge < -0.3 is 9.64 Å². The Hall–Kier alpha value is -1.98. The molecule has 1 atom stereocenters. The number of carbonyl (C=O) groups is 2. The largest absolute Gasteiger partial charge is 0.465 e. The van der Waals surface area contributed by atoms with Gasteiger partial charge in [-0.05, 0) is 31.2 Å². The molecule has 3 rings (SSSR count). The Labute approximate surface area is 133 Å². The number of nitrogens with zero attached hydrogens (tertiary/aromatic N) is 1. The Morgan fingerprint density at radius 3 is 2.78 bits per heavy atom. The summed E-state index contributed by atoms with van der Waals surface area (Å²) in [5, 5.41) is 0. The Bertz CT molecular complexity index is 616. The van der Waals surface area contributed by atoms with Gasteiger partial charge in [0.05, 0.1) is 13.0 Å². The molecule has 0 aromatic heterocycles. The lowest BCUT2D eigenvalue weighted by molar-refractivity contribution is -0.145. The molecule has 124 valence electrons. The maximum absolute atomic E-state index is 13.8. The highest BCUT2D eigenvalue weighted by molar-refractivity contribution is 5.80. The molecule has 1 aliphatic heterocycles. The van der Waals surface area contributed by atoms with E-state index in [1.165, 1.54) is 17.0 Å². The fourth-order valence-electron chi connectivity index (χ4n) is 2.82. The second kappa shape index (κ2) is 6.64. The first-order valence-corrected chi connectivity index (χ1v) is 7.92. The number of benzene rings is 1. The van der Waals surface area contributed by atoms with Crippen LogP contribution in [0.4, 0.5) is 8.78 Å². The van der Waals surface area contributed by atoms with Crippen LogP contribution in [0.1, 0.15) is 37.7 Å². The number of amides is 1. The summed E-state index contributed by atoms with van der Waals surface area (Å²) in [5.74, 6) is -1.87. The molecule has 6 heteroatoms. The van der Waals surface area contributed by atoms with Crippen LogP contribution >= 0.6 is 0 Å². The first-order chi connectivity index (χ1) is 11.0. The molecule has 1 saturated carbocycles. The average Bonchev–Trinajstić information content (AvgIpc) is 3.29. The summed E-state index contributed by atoms with van der Waals surface area (Å²) in [6, 6.07) is 3.59. The summed E-state index contributed by atoms with van der Waals surface area (Å²) in [7, 11) is 0. The number of ether oxygens (including phenoxy) is 1. The summed E-state index contributed by atoms with van der Waals surface area (Å²) in [6.07, 6.45) is 3.15. The van der Waals surface area contributed by atoms with Gasteiger partial charge in [0, 0.05) is 24.6 Å². The second-order valence-electron chi connectivity index (χ2n) is 6.26. The van der Waals surface area contributed by atoms with Gasteiger partial charge >= 0.3 is 5.97 Å². The van der Waals surface area contributed by atoms with Gasteiger partial charge in [0.2, 0.25) is 5.91 Å². The van der Waals surface area contributed by atoms with Crippen LogP contribution in [0.2, 0.25) is 0 Å². The zero-order valence-electron chi connectivity index (χ0n) is 12.8. The SMILES string of the molecule is O=C(CC1CCC(=O)N1Cc1cccc(F)c1F)OCC1CC1. The van der Waals surface area contributed by atoms with Crippen molar-refractivity contribution in [2.75, 3.05) is 6.61 Å². The van der Waals surface area contributed by atoms with Crippen LogP contribution in [0.15, 0.2) is 18.2 Å². The third kappa shape index (κ3) is 3.86. The quantitative estimate of drug-likeness (QED) is 0.756. The highest BCUT2D eigenvalue weighted by Gasteiger charge is 2.34.